The highest BCUT2D eigenvalue weighted by Gasteiger charge is 2.25. The second-order valence-electron chi connectivity index (χ2n) is 15.8. The van der Waals surface area contributed by atoms with Crippen LogP contribution in [0.1, 0.15) is 0 Å². The molecule has 0 saturated carbocycles. The predicted molar refractivity (Wildman–Crippen MR) is 250 cm³/mol. The Morgan fingerprint density at radius 1 is 0.328 bits per heavy atom. The summed E-state index contributed by atoms with van der Waals surface area (Å²) in [5.74, 6) is 2.39. The zero-order chi connectivity index (χ0) is 40.0. The van der Waals surface area contributed by atoms with Crippen molar-refractivity contribution in [1.29, 1.82) is 0 Å². The van der Waals surface area contributed by atoms with Crippen LogP contribution in [0.25, 0.3) is 111 Å². The van der Waals surface area contributed by atoms with Gasteiger partial charge in [0.25, 0.3) is 0 Å². The lowest BCUT2D eigenvalue weighted by molar-refractivity contribution is 0.487. The van der Waals surface area contributed by atoms with Crippen molar-refractivity contribution in [2.24, 2.45) is 0 Å². The van der Waals surface area contributed by atoms with Gasteiger partial charge in [-0.2, -0.15) is 0 Å². The number of hydrogen-bond donors (Lipinski definition) is 0. The molecule has 1 aliphatic rings. The average molecular weight is 779 g/mol. The van der Waals surface area contributed by atoms with E-state index in [-0.39, 0.29) is 0 Å². The first-order valence-corrected chi connectivity index (χ1v) is 20.7. The number of benzene rings is 9. The molecule has 0 aliphatic carbocycles. The maximum atomic E-state index is 6.69. The van der Waals surface area contributed by atoms with Gasteiger partial charge in [0, 0.05) is 55.4 Å². The fourth-order valence-corrected chi connectivity index (χ4v) is 9.60. The summed E-state index contributed by atoms with van der Waals surface area (Å²) in [7, 11) is 0. The normalized spacial score (nSPS) is 12.1. The van der Waals surface area contributed by atoms with Gasteiger partial charge in [0.15, 0.2) is 0 Å². The largest absolute Gasteiger partial charge is 0.456 e. The molecule has 12 aromatic rings. The van der Waals surface area contributed by atoms with Gasteiger partial charge in [0.1, 0.15) is 11.5 Å². The summed E-state index contributed by atoms with van der Waals surface area (Å²) in [6.45, 7) is 0. The van der Waals surface area contributed by atoms with Gasteiger partial charge in [0.05, 0.1) is 33.5 Å². The highest BCUT2D eigenvalue weighted by atomic mass is 16.5. The molecule has 0 amide bonds. The van der Waals surface area contributed by atoms with E-state index >= 15 is 0 Å². The molecule has 1 aliphatic heterocycles. The molecule has 13 rings (SSSR count). The predicted octanol–water partition coefficient (Wildman–Crippen LogP) is 14.6. The van der Waals surface area contributed by atoms with E-state index < -0.39 is 0 Å². The lowest BCUT2D eigenvalue weighted by Gasteiger charge is -2.22. The molecule has 0 unspecified atom stereocenters. The monoisotopic (exact) mass is 778 g/mol. The van der Waals surface area contributed by atoms with Crippen LogP contribution in [-0.2, 0) is 0 Å². The van der Waals surface area contributed by atoms with Crippen LogP contribution in [0.2, 0.25) is 0 Å². The minimum atomic E-state index is 0.631. The van der Waals surface area contributed by atoms with Gasteiger partial charge in [-0.25, -0.2) is 9.97 Å². The number of nitrogens with zero attached hydrogens (tertiary/aromatic N) is 4. The Labute approximate surface area is 351 Å². The molecule has 0 bridgehead atoms. The summed E-state index contributed by atoms with van der Waals surface area (Å²) in [6, 6.07) is 73.0. The van der Waals surface area contributed by atoms with E-state index in [9.17, 15) is 0 Å². The third kappa shape index (κ3) is 5.14. The molecule has 0 N–H and O–H groups in total. The molecule has 0 fully saturated rings. The molecule has 61 heavy (non-hydrogen) atoms. The lowest BCUT2D eigenvalue weighted by Crippen LogP contribution is -2.04. The van der Waals surface area contributed by atoms with Crippen LogP contribution in [0.3, 0.4) is 0 Å². The van der Waals surface area contributed by atoms with Crippen LogP contribution in [0.15, 0.2) is 206 Å². The number of rotatable bonds is 5. The van der Waals surface area contributed by atoms with Crippen LogP contribution in [0, 0.1) is 0 Å². The standard InChI is InChI=1S/C56H34N4O/c1-4-15-35(16-5-1)46-33-47(36-17-6-2-7-18-36)58-56(57-46)60-48-25-12-10-21-40(48)41-29-27-37(31-49(41)60)38-28-30-44-50(32-38)59(39-19-8-3-9-20-39)51-34-53-55-43(23-14-24-45(55)54(44)51)42-22-11-13-26-52(42)61-53/h1-34H. The van der Waals surface area contributed by atoms with Crippen molar-refractivity contribution in [3.05, 3.63) is 206 Å². The highest BCUT2D eigenvalue weighted by Crippen LogP contribution is 2.50. The Hall–Kier alpha value is -8.28. The van der Waals surface area contributed by atoms with Crippen molar-refractivity contribution in [1.82, 2.24) is 19.1 Å². The van der Waals surface area contributed by atoms with Crippen molar-refractivity contribution in [2.45, 2.75) is 0 Å². The molecule has 9 aromatic carbocycles. The molecule has 0 saturated heterocycles. The maximum Gasteiger partial charge on any atom is 0.235 e. The molecule has 284 valence electrons. The fourth-order valence-electron chi connectivity index (χ4n) is 9.60. The molecular weight excluding hydrogens is 745 g/mol. The maximum absolute atomic E-state index is 6.69. The lowest BCUT2D eigenvalue weighted by atomic mass is 9.92. The molecule has 0 radical (unpaired) electrons. The zero-order valence-electron chi connectivity index (χ0n) is 32.8. The highest BCUT2D eigenvalue weighted by molar-refractivity contribution is 6.25. The second kappa shape index (κ2) is 13.1. The first kappa shape index (κ1) is 33.7. The Bertz CT molecular complexity index is 3660. The first-order chi connectivity index (χ1) is 30.2. The van der Waals surface area contributed by atoms with Crippen LogP contribution in [0.5, 0.6) is 11.5 Å². The number of para-hydroxylation sites is 3. The van der Waals surface area contributed by atoms with E-state index in [1.807, 2.05) is 18.2 Å². The van der Waals surface area contributed by atoms with E-state index in [1.165, 1.54) is 21.7 Å². The van der Waals surface area contributed by atoms with Crippen molar-refractivity contribution in [3.63, 3.8) is 0 Å². The topological polar surface area (TPSA) is 44.9 Å². The second-order valence-corrected chi connectivity index (χ2v) is 15.8. The number of aromatic nitrogens is 4. The Morgan fingerprint density at radius 2 is 0.902 bits per heavy atom. The fraction of sp³-hybridized carbons (Fsp3) is 0. The zero-order valence-corrected chi connectivity index (χ0v) is 32.8. The van der Waals surface area contributed by atoms with E-state index in [4.69, 9.17) is 14.7 Å². The van der Waals surface area contributed by atoms with E-state index in [0.29, 0.717) is 5.95 Å². The van der Waals surface area contributed by atoms with Crippen LogP contribution >= 0.6 is 0 Å². The van der Waals surface area contributed by atoms with Crippen LogP contribution in [0.4, 0.5) is 0 Å². The summed E-state index contributed by atoms with van der Waals surface area (Å²) in [5.41, 5.74) is 13.8. The van der Waals surface area contributed by atoms with Gasteiger partial charge < -0.3 is 9.30 Å². The third-order valence-electron chi connectivity index (χ3n) is 12.3. The van der Waals surface area contributed by atoms with Gasteiger partial charge in [-0.15, -0.1) is 0 Å². The SMILES string of the molecule is c1ccc(-c2cc(-c3ccccc3)nc(-n3c4ccccc4c4ccc(-c5ccc6c7c8cccc9c8c(cc7n(-c7ccccc7)c6c5)Oc5ccccc5-9)cc43)n2)cc1. The molecule has 3 aromatic heterocycles. The van der Waals surface area contributed by atoms with Gasteiger partial charge in [-0.05, 0) is 64.5 Å². The van der Waals surface area contributed by atoms with E-state index in [1.54, 1.807) is 0 Å². The molecule has 5 nitrogen and oxygen atoms in total. The summed E-state index contributed by atoms with van der Waals surface area (Å²) >= 11 is 0. The Balaban J connectivity index is 1.05. The number of fused-ring (bicyclic) bond motifs is 9. The quantitative estimate of drug-likeness (QED) is 0.175. The van der Waals surface area contributed by atoms with Gasteiger partial charge >= 0.3 is 0 Å². The number of hydrogen-bond acceptors (Lipinski definition) is 3. The molecule has 0 spiro atoms. The first-order valence-electron chi connectivity index (χ1n) is 20.7. The van der Waals surface area contributed by atoms with Crippen molar-refractivity contribution < 1.29 is 4.74 Å². The summed E-state index contributed by atoms with van der Waals surface area (Å²) in [5, 5.41) is 7.05. The summed E-state index contributed by atoms with van der Waals surface area (Å²) in [6.07, 6.45) is 0. The smallest absolute Gasteiger partial charge is 0.235 e. The molecule has 0 atom stereocenters. The molecular formula is C56H34N4O. The van der Waals surface area contributed by atoms with Crippen molar-refractivity contribution >= 4 is 54.4 Å². The number of ether oxygens (including phenoxy) is 1. The molecule has 5 heteroatoms. The van der Waals surface area contributed by atoms with Crippen LogP contribution in [-0.4, -0.2) is 19.1 Å². The van der Waals surface area contributed by atoms with Crippen LogP contribution < -0.4 is 4.74 Å². The minimum absolute atomic E-state index is 0.631. The summed E-state index contributed by atoms with van der Waals surface area (Å²) in [4.78, 5) is 10.6. The van der Waals surface area contributed by atoms with Gasteiger partial charge in [0.2, 0.25) is 5.95 Å². The van der Waals surface area contributed by atoms with Crippen molar-refractivity contribution in [2.75, 3.05) is 0 Å². The summed E-state index contributed by atoms with van der Waals surface area (Å²) < 4.78 is 11.3. The van der Waals surface area contributed by atoms with Gasteiger partial charge in [-0.1, -0.05) is 158 Å². The minimum Gasteiger partial charge on any atom is -0.456 e. The van der Waals surface area contributed by atoms with Gasteiger partial charge in [-0.3, -0.25) is 4.57 Å². The van der Waals surface area contributed by atoms with Crippen molar-refractivity contribution in [3.8, 4) is 67.9 Å². The third-order valence-corrected chi connectivity index (χ3v) is 12.3. The van der Waals surface area contributed by atoms with E-state index in [2.05, 4.69) is 197 Å². The average Bonchev–Trinajstić information content (AvgIpc) is 3.84. The Morgan fingerprint density at radius 3 is 1.64 bits per heavy atom. The van der Waals surface area contributed by atoms with E-state index in [0.717, 1.165) is 94.6 Å². The Kier molecular flexibility index (Phi) is 7.24. The molecule has 4 heterocycles.